The first kappa shape index (κ1) is 21.1. The van der Waals surface area contributed by atoms with Crippen molar-refractivity contribution in [3.8, 4) is 0 Å². The summed E-state index contributed by atoms with van der Waals surface area (Å²) in [6.45, 7) is 10.5. The van der Waals surface area contributed by atoms with Crippen LogP contribution in [0.25, 0.3) is 0 Å². The van der Waals surface area contributed by atoms with Crippen LogP contribution in [-0.4, -0.2) is 35.5 Å². The zero-order valence-corrected chi connectivity index (χ0v) is 19.9. The van der Waals surface area contributed by atoms with E-state index in [9.17, 15) is 9.90 Å². The van der Waals surface area contributed by atoms with Crippen LogP contribution in [0.5, 0.6) is 0 Å². The van der Waals surface area contributed by atoms with Crippen LogP contribution >= 0.6 is 0 Å². The molecule has 4 saturated carbocycles. The highest BCUT2D eigenvalue weighted by Crippen LogP contribution is 2.71. The third-order valence-electron chi connectivity index (χ3n) is 11.8. The van der Waals surface area contributed by atoms with Gasteiger partial charge in [0.2, 0.25) is 0 Å². The molecule has 31 heavy (non-hydrogen) atoms. The van der Waals surface area contributed by atoms with Crippen molar-refractivity contribution >= 4 is 5.78 Å². The standard InChI is InChI=1S/C27H42O4/c1-15-5-10-27(30-14-15)16(2)24-23(31-27)13-20-18-12-22(29)21-11-17(28)6-8-25(21,3)19(18)7-9-26(20,24)4/h15-16,18-24,29H,5-14H2,1-4H3/t15-,16+,18-,19+,20+,21-,22+,23+,24+,25-,26+,27?/m1/s1. The van der Waals surface area contributed by atoms with E-state index in [0.29, 0.717) is 60.2 Å². The van der Waals surface area contributed by atoms with E-state index in [2.05, 4.69) is 27.7 Å². The van der Waals surface area contributed by atoms with Crippen LogP contribution in [0.15, 0.2) is 0 Å². The van der Waals surface area contributed by atoms with Gasteiger partial charge in [-0.3, -0.25) is 4.79 Å². The minimum Gasteiger partial charge on any atom is -0.393 e. The molecule has 6 aliphatic rings. The first-order valence-corrected chi connectivity index (χ1v) is 13.2. The highest BCUT2D eigenvalue weighted by molar-refractivity contribution is 5.79. The van der Waals surface area contributed by atoms with Crippen LogP contribution in [-0.2, 0) is 14.3 Å². The lowest BCUT2D eigenvalue weighted by molar-refractivity contribution is -0.273. The molecule has 2 heterocycles. The van der Waals surface area contributed by atoms with Crippen LogP contribution < -0.4 is 0 Å². The number of ether oxygens (including phenoxy) is 2. The number of aliphatic hydroxyl groups excluding tert-OH is 1. The van der Waals surface area contributed by atoms with E-state index in [1.165, 1.54) is 19.3 Å². The highest BCUT2D eigenvalue weighted by Gasteiger charge is 2.69. The van der Waals surface area contributed by atoms with E-state index in [1.807, 2.05) is 0 Å². The Balaban J connectivity index is 1.28. The monoisotopic (exact) mass is 430 g/mol. The molecule has 4 nitrogen and oxygen atoms in total. The molecule has 12 atom stereocenters. The minimum atomic E-state index is -0.348. The van der Waals surface area contributed by atoms with Gasteiger partial charge in [0.05, 0.1) is 18.8 Å². The third-order valence-corrected chi connectivity index (χ3v) is 11.8. The van der Waals surface area contributed by atoms with Gasteiger partial charge in [-0.2, -0.15) is 0 Å². The number of hydrogen-bond donors (Lipinski definition) is 1. The van der Waals surface area contributed by atoms with Crippen molar-refractivity contribution in [2.45, 2.75) is 103 Å². The third kappa shape index (κ3) is 2.74. The molecule has 0 radical (unpaired) electrons. The summed E-state index contributed by atoms with van der Waals surface area (Å²) in [6.07, 6.45) is 9.11. The van der Waals surface area contributed by atoms with Crippen molar-refractivity contribution in [1.82, 2.24) is 0 Å². The van der Waals surface area contributed by atoms with E-state index in [4.69, 9.17) is 9.47 Å². The summed E-state index contributed by atoms with van der Waals surface area (Å²) in [4.78, 5) is 12.2. The van der Waals surface area contributed by atoms with Crippen LogP contribution in [0.4, 0.5) is 0 Å². The molecule has 2 saturated heterocycles. The lowest BCUT2D eigenvalue weighted by atomic mass is 9.44. The first-order valence-electron chi connectivity index (χ1n) is 13.2. The van der Waals surface area contributed by atoms with E-state index in [1.54, 1.807) is 0 Å². The number of rotatable bonds is 0. The summed E-state index contributed by atoms with van der Waals surface area (Å²) in [7, 11) is 0. The first-order chi connectivity index (χ1) is 14.7. The molecule has 2 aliphatic heterocycles. The Morgan fingerprint density at radius 1 is 0.968 bits per heavy atom. The maximum atomic E-state index is 12.2. The number of hydrogen-bond acceptors (Lipinski definition) is 4. The van der Waals surface area contributed by atoms with Crippen LogP contribution in [0.1, 0.15) is 85.5 Å². The van der Waals surface area contributed by atoms with Gasteiger partial charge in [0.25, 0.3) is 0 Å². The Morgan fingerprint density at radius 2 is 1.77 bits per heavy atom. The van der Waals surface area contributed by atoms with E-state index in [0.717, 1.165) is 32.3 Å². The molecular weight excluding hydrogens is 388 g/mol. The highest BCUT2D eigenvalue weighted by atomic mass is 16.7. The van der Waals surface area contributed by atoms with Gasteiger partial charge < -0.3 is 14.6 Å². The molecule has 6 fully saturated rings. The Labute approximate surface area is 187 Å². The number of aliphatic hydroxyl groups is 1. The molecule has 0 aromatic heterocycles. The Hall–Kier alpha value is -0.450. The van der Waals surface area contributed by atoms with Gasteiger partial charge in [0.1, 0.15) is 5.78 Å². The zero-order valence-electron chi connectivity index (χ0n) is 19.9. The molecule has 0 bridgehead atoms. The molecule has 4 heteroatoms. The molecular formula is C27H42O4. The second-order valence-electron chi connectivity index (χ2n) is 13.1. The van der Waals surface area contributed by atoms with Gasteiger partial charge in [-0.1, -0.05) is 27.7 Å². The second kappa shape index (κ2) is 6.79. The summed E-state index contributed by atoms with van der Waals surface area (Å²) in [5, 5.41) is 11.2. The molecule has 0 amide bonds. The molecule has 0 aromatic rings. The van der Waals surface area contributed by atoms with Gasteiger partial charge in [0, 0.05) is 25.2 Å². The van der Waals surface area contributed by atoms with E-state index in [-0.39, 0.29) is 28.6 Å². The molecule has 174 valence electrons. The van der Waals surface area contributed by atoms with Gasteiger partial charge in [0.15, 0.2) is 5.79 Å². The molecule has 1 unspecified atom stereocenters. The molecule has 0 aromatic carbocycles. The van der Waals surface area contributed by atoms with Crippen LogP contribution in [0.2, 0.25) is 0 Å². The van der Waals surface area contributed by atoms with Gasteiger partial charge in [-0.05, 0) is 84.9 Å². The number of fused-ring (bicyclic) bond motifs is 7. The molecule has 4 aliphatic carbocycles. The summed E-state index contributed by atoms with van der Waals surface area (Å²) >= 11 is 0. The average Bonchev–Trinajstić information content (AvgIpc) is 3.17. The number of carbonyl (C=O) groups excluding carboxylic acids is 1. The van der Waals surface area contributed by atoms with Crippen LogP contribution in [0.3, 0.4) is 0 Å². The molecule has 1 spiro atoms. The predicted molar refractivity (Wildman–Crippen MR) is 118 cm³/mol. The fourth-order valence-corrected chi connectivity index (χ4v) is 10.1. The maximum Gasteiger partial charge on any atom is 0.171 e. The Kier molecular flexibility index (Phi) is 4.62. The number of carbonyl (C=O) groups is 1. The summed E-state index contributed by atoms with van der Waals surface area (Å²) in [6, 6.07) is 0. The summed E-state index contributed by atoms with van der Waals surface area (Å²) < 4.78 is 13.3. The van der Waals surface area contributed by atoms with Crippen molar-refractivity contribution in [3.63, 3.8) is 0 Å². The van der Waals surface area contributed by atoms with E-state index < -0.39 is 0 Å². The Bertz CT molecular complexity index is 756. The minimum absolute atomic E-state index is 0.131. The topological polar surface area (TPSA) is 55.8 Å². The van der Waals surface area contributed by atoms with Crippen molar-refractivity contribution in [2.75, 3.05) is 6.61 Å². The average molecular weight is 431 g/mol. The van der Waals surface area contributed by atoms with Crippen LogP contribution in [0, 0.1) is 52.3 Å². The van der Waals surface area contributed by atoms with Crippen molar-refractivity contribution in [3.05, 3.63) is 0 Å². The largest absolute Gasteiger partial charge is 0.393 e. The van der Waals surface area contributed by atoms with Gasteiger partial charge in [-0.25, -0.2) is 0 Å². The summed E-state index contributed by atoms with van der Waals surface area (Å²) in [5.41, 5.74) is 0.417. The summed E-state index contributed by atoms with van der Waals surface area (Å²) in [5.74, 6) is 3.72. The fourth-order valence-electron chi connectivity index (χ4n) is 10.1. The van der Waals surface area contributed by atoms with Crippen molar-refractivity contribution in [2.24, 2.45) is 52.3 Å². The number of ketones is 1. The quantitative estimate of drug-likeness (QED) is 0.589. The second-order valence-corrected chi connectivity index (χ2v) is 13.1. The predicted octanol–water partition coefficient (Wildman–Crippen LogP) is 4.97. The lowest BCUT2D eigenvalue weighted by Crippen LogP contribution is -2.58. The molecule has 6 rings (SSSR count). The maximum absolute atomic E-state index is 12.2. The number of Topliss-reactive ketones (excluding diaryl/α,β-unsaturated/α-hetero) is 1. The Morgan fingerprint density at radius 3 is 2.52 bits per heavy atom. The van der Waals surface area contributed by atoms with Crippen molar-refractivity contribution < 1.29 is 19.4 Å². The van der Waals surface area contributed by atoms with Gasteiger partial charge >= 0.3 is 0 Å². The lowest BCUT2D eigenvalue weighted by Gasteiger charge is -2.61. The fraction of sp³-hybridized carbons (Fsp3) is 0.963. The van der Waals surface area contributed by atoms with Gasteiger partial charge in [-0.15, -0.1) is 0 Å². The normalized spacial score (nSPS) is 60.9. The SMILES string of the molecule is C[C@@H]1CCC2(OC1)O[C@H]1C[C@H]3[C@@H]4C[C@H](O)[C@H]5CC(=O)CC[C@]5(C)[C@H]4CC[C@]3(C)[C@H]1[C@@H]2C. The zero-order chi connectivity index (χ0) is 21.8. The van der Waals surface area contributed by atoms with E-state index >= 15 is 0 Å². The molecule has 1 N–H and O–H groups in total. The smallest absolute Gasteiger partial charge is 0.171 e. The van der Waals surface area contributed by atoms with Crippen molar-refractivity contribution in [1.29, 1.82) is 0 Å².